The zero-order valence-corrected chi connectivity index (χ0v) is 15.0. The summed E-state index contributed by atoms with van der Waals surface area (Å²) in [7, 11) is 3.59. The topological polar surface area (TPSA) is 28.0 Å². The normalized spacial score (nSPS) is 13.1. The first-order valence-electron chi connectivity index (χ1n) is 6.96. The van der Waals surface area contributed by atoms with Crippen LogP contribution in [0.1, 0.15) is 45.4 Å². The van der Waals surface area contributed by atoms with Gasteiger partial charge in [0.05, 0.1) is 6.21 Å². The van der Waals surface area contributed by atoms with Crippen molar-refractivity contribution in [1.29, 1.82) is 0 Å². The first-order valence-corrected chi connectivity index (χ1v) is 8.13. The number of aliphatic imine (C=N–C) groups is 1. The van der Waals surface area contributed by atoms with E-state index in [1.54, 1.807) is 25.3 Å². The fraction of sp³-hybridized carbons (Fsp3) is 0.600. The van der Waals surface area contributed by atoms with Crippen molar-refractivity contribution in [3.63, 3.8) is 0 Å². The molecule has 20 heavy (non-hydrogen) atoms. The van der Waals surface area contributed by atoms with Crippen LogP contribution in [0.3, 0.4) is 0 Å². The number of hydrogen-bond donors (Lipinski definition) is 0. The van der Waals surface area contributed by atoms with E-state index in [1.807, 2.05) is 6.08 Å². The molecule has 0 bridgehead atoms. The Hall–Kier alpha value is -0.610. The van der Waals surface area contributed by atoms with Gasteiger partial charge in [-0.3, -0.25) is 10.0 Å². The number of allylic oxidation sites excluding steroid dienone is 2. The van der Waals surface area contributed by atoms with Crippen LogP contribution in [0.5, 0.6) is 0 Å². The third kappa shape index (κ3) is 10.2. The first kappa shape index (κ1) is 19.4. The van der Waals surface area contributed by atoms with Crippen molar-refractivity contribution in [2.24, 2.45) is 10.1 Å². The van der Waals surface area contributed by atoms with Gasteiger partial charge in [-0.2, -0.15) is 5.10 Å². The lowest BCUT2D eigenvalue weighted by Crippen LogP contribution is -2.08. The summed E-state index contributed by atoms with van der Waals surface area (Å²) in [5, 5.41) is 6.28. The van der Waals surface area contributed by atoms with E-state index in [0.29, 0.717) is 9.64 Å². The van der Waals surface area contributed by atoms with Crippen molar-refractivity contribution in [2.75, 3.05) is 14.1 Å². The molecule has 114 valence electrons. The third-order valence-corrected chi connectivity index (χ3v) is 3.35. The SMILES string of the molecule is C=C(Br)/C=N\N(C)/C(Cl)=C\C(CCCCCCC)=N/C. The van der Waals surface area contributed by atoms with Gasteiger partial charge in [0, 0.05) is 24.3 Å². The molecule has 0 spiro atoms. The van der Waals surface area contributed by atoms with E-state index < -0.39 is 0 Å². The maximum atomic E-state index is 6.20. The predicted octanol–water partition coefficient (Wildman–Crippen LogP) is 5.32. The van der Waals surface area contributed by atoms with Crippen LogP contribution in [-0.2, 0) is 0 Å². The zero-order chi connectivity index (χ0) is 15.4. The molecule has 0 atom stereocenters. The fourth-order valence-corrected chi connectivity index (χ4v) is 1.85. The summed E-state index contributed by atoms with van der Waals surface area (Å²) in [6.45, 7) is 5.90. The van der Waals surface area contributed by atoms with Gasteiger partial charge in [-0.15, -0.1) is 0 Å². The average Bonchev–Trinajstić information content (AvgIpc) is 2.42. The second-order valence-corrected chi connectivity index (χ2v) is 5.97. The van der Waals surface area contributed by atoms with Crippen LogP contribution >= 0.6 is 27.5 Å². The molecule has 0 N–H and O–H groups in total. The van der Waals surface area contributed by atoms with E-state index in [9.17, 15) is 0 Å². The number of halogens is 2. The highest BCUT2D eigenvalue weighted by Crippen LogP contribution is 2.12. The zero-order valence-electron chi connectivity index (χ0n) is 12.7. The Kier molecular flexibility index (Phi) is 11.8. The number of nitrogens with zero attached hydrogens (tertiary/aromatic N) is 3. The number of hydrogen-bond acceptors (Lipinski definition) is 3. The Bertz CT molecular complexity index is 375. The van der Waals surface area contributed by atoms with Crippen molar-refractivity contribution in [3.05, 3.63) is 22.3 Å². The Labute approximate surface area is 136 Å². The molecule has 0 aliphatic rings. The highest BCUT2D eigenvalue weighted by atomic mass is 79.9. The Morgan fingerprint density at radius 1 is 1.30 bits per heavy atom. The fourth-order valence-electron chi connectivity index (χ4n) is 1.59. The van der Waals surface area contributed by atoms with Gasteiger partial charge in [-0.05, 0) is 34.8 Å². The highest BCUT2D eigenvalue weighted by Gasteiger charge is 2.02. The van der Waals surface area contributed by atoms with Gasteiger partial charge in [0.1, 0.15) is 5.16 Å². The molecule has 0 aliphatic heterocycles. The minimum absolute atomic E-state index is 0.546. The summed E-state index contributed by atoms with van der Waals surface area (Å²) in [5.74, 6) is 0. The van der Waals surface area contributed by atoms with Crippen molar-refractivity contribution in [1.82, 2.24) is 5.01 Å². The molecule has 0 heterocycles. The Morgan fingerprint density at radius 3 is 2.50 bits per heavy atom. The quantitative estimate of drug-likeness (QED) is 0.223. The van der Waals surface area contributed by atoms with Gasteiger partial charge >= 0.3 is 0 Å². The van der Waals surface area contributed by atoms with Gasteiger partial charge in [-0.25, -0.2) is 0 Å². The van der Waals surface area contributed by atoms with Gasteiger partial charge in [-0.1, -0.05) is 50.8 Å². The molecule has 0 aromatic heterocycles. The van der Waals surface area contributed by atoms with Crippen molar-refractivity contribution in [2.45, 2.75) is 45.4 Å². The molecule has 0 unspecified atom stereocenters. The molecule has 3 nitrogen and oxygen atoms in total. The molecule has 0 saturated heterocycles. The maximum Gasteiger partial charge on any atom is 0.126 e. The maximum absolute atomic E-state index is 6.20. The lowest BCUT2D eigenvalue weighted by atomic mass is 10.1. The van der Waals surface area contributed by atoms with E-state index in [-0.39, 0.29) is 0 Å². The molecule has 0 radical (unpaired) electrons. The summed E-state index contributed by atoms with van der Waals surface area (Å²) >= 11 is 9.41. The number of hydrazone groups is 1. The summed E-state index contributed by atoms with van der Waals surface area (Å²) in [6.07, 6.45) is 10.7. The molecular formula is C15H25BrClN3. The van der Waals surface area contributed by atoms with Crippen molar-refractivity contribution in [3.8, 4) is 0 Å². The molecule has 0 saturated carbocycles. The third-order valence-electron chi connectivity index (χ3n) is 2.79. The number of rotatable bonds is 10. The summed E-state index contributed by atoms with van der Waals surface area (Å²) < 4.78 is 0.703. The van der Waals surface area contributed by atoms with Crippen LogP contribution in [0, 0.1) is 0 Å². The second kappa shape index (κ2) is 12.2. The van der Waals surface area contributed by atoms with E-state index in [1.165, 1.54) is 25.7 Å². The first-order chi connectivity index (χ1) is 9.51. The van der Waals surface area contributed by atoms with Crippen LogP contribution in [-0.4, -0.2) is 31.0 Å². The van der Waals surface area contributed by atoms with Crippen LogP contribution < -0.4 is 0 Å². The van der Waals surface area contributed by atoms with Gasteiger partial charge in [0.15, 0.2) is 0 Å². The average molecular weight is 363 g/mol. The smallest absolute Gasteiger partial charge is 0.126 e. The van der Waals surface area contributed by atoms with Gasteiger partial charge < -0.3 is 0 Å². The molecule has 0 aliphatic carbocycles. The molecule has 0 rings (SSSR count). The molecule has 0 aromatic rings. The predicted molar refractivity (Wildman–Crippen MR) is 95.0 cm³/mol. The van der Waals surface area contributed by atoms with Crippen molar-refractivity contribution < 1.29 is 0 Å². The van der Waals surface area contributed by atoms with E-state index in [0.717, 1.165) is 18.6 Å². The molecular weight excluding hydrogens is 338 g/mol. The van der Waals surface area contributed by atoms with Crippen LogP contribution in [0.15, 0.2) is 32.4 Å². The minimum Gasteiger partial charge on any atom is -0.293 e. The monoisotopic (exact) mass is 361 g/mol. The lowest BCUT2D eigenvalue weighted by molar-refractivity contribution is 0.479. The molecule has 5 heteroatoms. The summed E-state index contributed by atoms with van der Waals surface area (Å²) in [6, 6.07) is 0. The molecule has 0 aromatic carbocycles. The largest absolute Gasteiger partial charge is 0.293 e. The van der Waals surface area contributed by atoms with Gasteiger partial charge in [0.25, 0.3) is 0 Å². The van der Waals surface area contributed by atoms with Crippen molar-refractivity contribution >= 4 is 39.5 Å². The highest BCUT2D eigenvalue weighted by molar-refractivity contribution is 9.12. The van der Waals surface area contributed by atoms with E-state index >= 15 is 0 Å². The minimum atomic E-state index is 0.546. The van der Waals surface area contributed by atoms with Crippen LogP contribution in [0.2, 0.25) is 0 Å². The Balaban J connectivity index is 4.31. The molecule has 0 fully saturated rings. The van der Waals surface area contributed by atoms with E-state index in [4.69, 9.17) is 11.6 Å². The summed E-state index contributed by atoms with van der Waals surface area (Å²) in [4.78, 5) is 4.27. The summed E-state index contributed by atoms with van der Waals surface area (Å²) in [5.41, 5.74) is 1.01. The second-order valence-electron chi connectivity index (χ2n) is 4.56. The lowest BCUT2D eigenvalue weighted by Gasteiger charge is -2.11. The van der Waals surface area contributed by atoms with Crippen LogP contribution in [0.4, 0.5) is 0 Å². The molecule has 0 amide bonds. The Morgan fingerprint density at radius 2 is 1.95 bits per heavy atom. The standard InChI is InChI=1S/C15H25BrClN3/c1-5-6-7-8-9-10-14(18-3)11-15(17)20(4)19-12-13(2)16/h11-12H,2,5-10H2,1,3-4H3/b15-11-,18-14-,19-12-. The number of unbranched alkanes of at least 4 members (excludes halogenated alkanes) is 4. The van der Waals surface area contributed by atoms with E-state index in [2.05, 4.69) is 39.5 Å². The van der Waals surface area contributed by atoms with Crippen LogP contribution in [0.25, 0.3) is 0 Å². The van der Waals surface area contributed by atoms with Gasteiger partial charge in [0.2, 0.25) is 0 Å².